The van der Waals surface area contributed by atoms with Crippen molar-refractivity contribution in [1.29, 1.82) is 5.26 Å². The Morgan fingerprint density at radius 2 is 1.58 bits per heavy atom. The van der Waals surface area contributed by atoms with Crippen LogP contribution < -0.4 is 16.4 Å². The minimum absolute atomic E-state index is 0.0247. The van der Waals surface area contributed by atoms with Crippen LogP contribution in [0.25, 0.3) is 0 Å². The molecule has 9 nitrogen and oxygen atoms in total. The molecule has 2 heterocycles. The molecule has 5 rings (SSSR count). The van der Waals surface area contributed by atoms with Crippen molar-refractivity contribution in [3.63, 3.8) is 0 Å². The molecular formula is C36H42N6O3. The number of rotatable bonds is 10. The van der Waals surface area contributed by atoms with Crippen LogP contribution >= 0.6 is 0 Å². The van der Waals surface area contributed by atoms with E-state index in [2.05, 4.69) is 45.9 Å². The van der Waals surface area contributed by atoms with Crippen molar-refractivity contribution >= 4 is 17.7 Å². The maximum absolute atomic E-state index is 14.5. The van der Waals surface area contributed by atoms with E-state index in [1.165, 1.54) is 5.56 Å². The van der Waals surface area contributed by atoms with Gasteiger partial charge in [0, 0.05) is 45.1 Å². The summed E-state index contributed by atoms with van der Waals surface area (Å²) in [7, 11) is 1.67. The number of hydrogen-bond acceptors (Lipinski definition) is 6. The van der Waals surface area contributed by atoms with Gasteiger partial charge < -0.3 is 21.3 Å². The number of likely N-dealkylation sites (tertiary alicyclic amines) is 2. The van der Waals surface area contributed by atoms with E-state index in [4.69, 9.17) is 5.73 Å². The minimum Gasteiger partial charge on any atom is -0.358 e. The predicted molar refractivity (Wildman–Crippen MR) is 173 cm³/mol. The molecule has 0 saturated carbocycles. The number of nitrogens with two attached hydrogens (primary N) is 1. The molecule has 234 valence electrons. The quantitative estimate of drug-likeness (QED) is 0.325. The zero-order valence-corrected chi connectivity index (χ0v) is 25.9. The summed E-state index contributed by atoms with van der Waals surface area (Å²) in [5.41, 5.74) is 9.53. The van der Waals surface area contributed by atoms with Gasteiger partial charge in [-0.05, 0) is 54.5 Å². The maximum Gasteiger partial charge on any atom is 0.245 e. The molecule has 2 saturated heterocycles. The van der Waals surface area contributed by atoms with Crippen molar-refractivity contribution in [2.45, 2.75) is 62.2 Å². The van der Waals surface area contributed by atoms with Crippen LogP contribution in [0.15, 0.2) is 84.9 Å². The summed E-state index contributed by atoms with van der Waals surface area (Å²) < 4.78 is 0. The largest absolute Gasteiger partial charge is 0.358 e. The van der Waals surface area contributed by atoms with Crippen molar-refractivity contribution in [2.24, 2.45) is 5.73 Å². The molecule has 45 heavy (non-hydrogen) atoms. The average Bonchev–Trinajstić information content (AvgIpc) is 3.69. The van der Waals surface area contributed by atoms with Crippen molar-refractivity contribution in [1.82, 2.24) is 20.4 Å². The SMILES string of the molecule is CNC(=O)C1CC(c2ccccc2)CN1C[C@@H]1C[C@H](c2ccccc2)CN1C(=O)[C@H](Cc1cccc(C#N)c1)NC(=O)[C@H](C)N. The monoisotopic (exact) mass is 606 g/mol. The van der Waals surface area contributed by atoms with E-state index in [-0.39, 0.29) is 42.2 Å². The first-order chi connectivity index (χ1) is 21.8. The van der Waals surface area contributed by atoms with E-state index in [9.17, 15) is 19.6 Å². The molecule has 0 radical (unpaired) electrons. The number of nitriles is 1. The first-order valence-electron chi connectivity index (χ1n) is 15.7. The van der Waals surface area contributed by atoms with Crippen LogP contribution in [0.3, 0.4) is 0 Å². The topological polar surface area (TPSA) is 132 Å². The Kier molecular flexibility index (Phi) is 10.3. The van der Waals surface area contributed by atoms with Gasteiger partial charge in [0.1, 0.15) is 6.04 Å². The highest BCUT2D eigenvalue weighted by molar-refractivity contribution is 5.90. The minimum atomic E-state index is -0.861. The second-order valence-corrected chi connectivity index (χ2v) is 12.3. The highest BCUT2D eigenvalue weighted by Crippen LogP contribution is 2.37. The van der Waals surface area contributed by atoms with Gasteiger partial charge in [0.25, 0.3) is 0 Å². The third kappa shape index (κ3) is 7.59. The lowest BCUT2D eigenvalue weighted by Crippen LogP contribution is -2.55. The van der Waals surface area contributed by atoms with E-state index in [1.54, 1.807) is 32.2 Å². The van der Waals surface area contributed by atoms with Crippen LogP contribution in [-0.2, 0) is 20.8 Å². The second-order valence-electron chi connectivity index (χ2n) is 12.3. The number of carbonyl (C=O) groups excluding carboxylic acids is 3. The Morgan fingerprint density at radius 1 is 0.933 bits per heavy atom. The molecular weight excluding hydrogens is 564 g/mol. The van der Waals surface area contributed by atoms with Crippen LogP contribution in [0.1, 0.15) is 53.9 Å². The third-order valence-electron chi connectivity index (χ3n) is 9.16. The lowest BCUT2D eigenvalue weighted by atomic mass is 9.96. The molecule has 0 bridgehead atoms. The van der Waals surface area contributed by atoms with Gasteiger partial charge in [0.05, 0.1) is 23.7 Å². The van der Waals surface area contributed by atoms with Gasteiger partial charge in [-0.15, -0.1) is 0 Å². The number of likely N-dealkylation sites (N-methyl/N-ethyl adjacent to an activating group) is 1. The zero-order chi connectivity index (χ0) is 31.9. The van der Waals surface area contributed by atoms with Gasteiger partial charge >= 0.3 is 0 Å². The van der Waals surface area contributed by atoms with Crippen molar-refractivity contribution in [3.05, 3.63) is 107 Å². The first kappa shape index (κ1) is 31.9. The Balaban J connectivity index is 1.44. The Labute approximate surface area is 265 Å². The molecule has 2 unspecified atom stereocenters. The smallest absolute Gasteiger partial charge is 0.245 e. The Bertz CT molecular complexity index is 1520. The third-order valence-corrected chi connectivity index (χ3v) is 9.16. The number of hydrogen-bond donors (Lipinski definition) is 3. The number of nitrogens with zero attached hydrogens (tertiary/aromatic N) is 3. The summed E-state index contributed by atoms with van der Waals surface area (Å²) in [4.78, 5) is 44.6. The summed E-state index contributed by atoms with van der Waals surface area (Å²) in [5, 5.41) is 15.2. The molecule has 2 aliphatic rings. The molecule has 0 aliphatic carbocycles. The Morgan fingerprint density at radius 3 is 2.18 bits per heavy atom. The highest BCUT2D eigenvalue weighted by atomic mass is 16.2. The molecule has 3 amide bonds. The second kappa shape index (κ2) is 14.5. The highest BCUT2D eigenvalue weighted by Gasteiger charge is 2.44. The van der Waals surface area contributed by atoms with Gasteiger partial charge in [-0.1, -0.05) is 72.8 Å². The number of amides is 3. The van der Waals surface area contributed by atoms with Gasteiger partial charge in [-0.3, -0.25) is 19.3 Å². The maximum atomic E-state index is 14.5. The van der Waals surface area contributed by atoms with E-state index >= 15 is 0 Å². The van der Waals surface area contributed by atoms with E-state index in [0.717, 1.165) is 17.5 Å². The summed E-state index contributed by atoms with van der Waals surface area (Å²) in [6.45, 7) is 3.33. The fourth-order valence-electron chi connectivity index (χ4n) is 6.82. The van der Waals surface area contributed by atoms with Crippen LogP contribution in [0.2, 0.25) is 0 Å². The predicted octanol–water partition coefficient (Wildman–Crippen LogP) is 2.92. The molecule has 2 aliphatic heterocycles. The van der Waals surface area contributed by atoms with Crippen LogP contribution in [0.4, 0.5) is 0 Å². The molecule has 3 aromatic carbocycles. The molecule has 6 atom stereocenters. The van der Waals surface area contributed by atoms with E-state index in [0.29, 0.717) is 31.6 Å². The van der Waals surface area contributed by atoms with Crippen molar-refractivity contribution < 1.29 is 14.4 Å². The fraction of sp³-hybridized carbons (Fsp3) is 0.389. The fourth-order valence-corrected chi connectivity index (χ4v) is 6.82. The average molecular weight is 607 g/mol. The van der Waals surface area contributed by atoms with Crippen molar-refractivity contribution in [3.8, 4) is 6.07 Å². The number of nitrogens with one attached hydrogen (secondary N) is 2. The standard InChI is InChI=1S/C36H42N6O3/c1-24(38)34(43)40-32(17-25-10-9-11-26(16-25)20-37)36(45)42-22-29(27-12-5-3-6-13-27)18-31(42)23-41-21-30(19-33(41)35(44)39-2)28-14-7-4-8-15-28/h3-16,24,29-33H,17-19,21-23,38H2,1-2H3,(H,39,44)(H,40,43)/t24-,29-,30?,31-,32-,33?/m0/s1. The van der Waals surface area contributed by atoms with Crippen LogP contribution in [-0.4, -0.2) is 78.4 Å². The van der Waals surface area contributed by atoms with Gasteiger partial charge in [-0.25, -0.2) is 0 Å². The molecule has 2 fully saturated rings. The summed E-state index contributed by atoms with van der Waals surface area (Å²) in [6.07, 6.45) is 1.67. The van der Waals surface area contributed by atoms with Crippen molar-refractivity contribution in [2.75, 3.05) is 26.7 Å². The summed E-state index contributed by atoms with van der Waals surface area (Å²) in [6, 6.07) is 27.6. The molecule has 3 aromatic rings. The number of benzene rings is 3. The summed E-state index contributed by atoms with van der Waals surface area (Å²) >= 11 is 0. The molecule has 0 spiro atoms. The van der Waals surface area contributed by atoms with E-state index in [1.807, 2.05) is 47.4 Å². The van der Waals surface area contributed by atoms with Gasteiger partial charge in [0.15, 0.2) is 0 Å². The molecule has 4 N–H and O–H groups in total. The van der Waals surface area contributed by atoms with Crippen LogP contribution in [0, 0.1) is 11.3 Å². The van der Waals surface area contributed by atoms with E-state index < -0.39 is 18.0 Å². The number of carbonyl (C=O) groups is 3. The Hall–Kier alpha value is -4.52. The van der Waals surface area contributed by atoms with Gasteiger partial charge in [0.2, 0.25) is 17.7 Å². The first-order valence-corrected chi connectivity index (χ1v) is 15.7. The normalized spacial score (nSPS) is 22.8. The summed E-state index contributed by atoms with van der Waals surface area (Å²) in [5.74, 6) is -0.314. The zero-order valence-electron chi connectivity index (χ0n) is 25.9. The van der Waals surface area contributed by atoms with Crippen LogP contribution in [0.5, 0.6) is 0 Å². The lowest BCUT2D eigenvalue weighted by Gasteiger charge is -2.33. The molecule has 9 heteroatoms. The molecule has 0 aromatic heterocycles. The van der Waals surface area contributed by atoms with Gasteiger partial charge in [-0.2, -0.15) is 5.26 Å². The lowest BCUT2D eigenvalue weighted by molar-refractivity contribution is -0.137.